The van der Waals surface area contributed by atoms with Crippen LogP contribution < -0.4 is 5.32 Å². The molecule has 0 unspecified atom stereocenters. The van der Waals surface area contributed by atoms with Gasteiger partial charge in [0.1, 0.15) is 12.1 Å². The van der Waals surface area contributed by atoms with Gasteiger partial charge in [-0.25, -0.2) is 9.97 Å². The van der Waals surface area contributed by atoms with Crippen molar-refractivity contribution in [3.63, 3.8) is 0 Å². The van der Waals surface area contributed by atoms with Crippen LogP contribution in [0.2, 0.25) is 0 Å². The monoisotopic (exact) mass is 236 g/mol. The molecule has 17 heavy (non-hydrogen) atoms. The molecule has 0 spiro atoms. The Morgan fingerprint density at radius 2 is 2.00 bits per heavy atom. The lowest BCUT2D eigenvalue weighted by Gasteiger charge is -2.10. The van der Waals surface area contributed by atoms with E-state index >= 15 is 0 Å². The van der Waals surface area contributed by atoms with Crippen LogP contribution >= 0.6 is 0 Å². The van der Waals surface area contributed by atoms with Gasteiger partial charge < -0.3 is 10.2 Å². The fraction of sp³-hybridized carbons (Fsp3) is 0.692. The minimum atomic E-state index is 0.451. The zero-order chi connectivity index (χ0) is 12.7. The Balaban J connectivity index is 2.29. The summed E-state index contributed by atoms with van der Waals surface area (Å²) in [7, 11) is 4.21. The van der Waals surface area contributed by atoms with E-state index in [9.17, 15) is 0 Å². The lowest BCUT2D eigenvalue weighted by molar-refractivity contribution is 0.396. The zero-order valence-electron chi connectivity index (χ0n) is 11.4. The molecule has 96 valence electrons. The average Bonchev–Trinajstić information content (AvgIpc) is 2.28. The molecule has 0 atom stereocenters. The minimum Gasteiger partial charge on any atom is -0.370 e. The van der Waals surface area contributed by atoms with Gasteiger partial charge in [-0.3, -0.25) is 0 Å². The molecule has 0 aliphatic rings. The first kappa shape index (κ1) is 13.9. The lowest BCUT2D eigenvalue weighted by atomic mass is 10.1. The van der Waals surface area contributed by atoms with Gasteiger partial charge in [-0.2, -0.15) is 0 Å². The number of rotatable bonds is 7. The molecule has 0 radical (unpaired) electrons. The van der Waals surface area contributed by atoms with Crippen LogP contribution in [0.25, 0.3) is 0 Å². The van der Waals surface area contributed by atoms with E-state index in [-0.39, 0.29) is 0 Å². The van der Waals surface area contributed by atoms with Gasteiger partial charge in [0.2, 0.25) is 0 Å². The van der Waals surface area contributed by atoms with Crippen molar-refractivity contribution in [3.05, 3.63) is 18.1 Å². The smallest absolute Gasteiger partial charge is 0.129 e. The highest BCUT2D eigenvalue weighted by atomic mass is 15.0. The molecule has 0 bridgehead atoms. The number of unbranched alkanes of at least 4 members (excludes halogenated alkanes) is 1. The van der Waals surface area contributed by atoms with Crippen molar-refractivity contribution in [2.45, 2.75) is 32.6 Å². The topological polar surface area (TPSA) is 41.0 Å². The van der Waals surface area contributed by atoms with Crippen LogP contribution in [0.4, 0.5) is 5.82 Å². The molecule has 0 fully saturated rings. The fourth-order valence-electron chi connectivity index (χ4n) is 1.55. The summed E-state index contributed by atoms with van der Waals surface area (Å²) in [4.78, 5) is 10.7. The summed E-state index contributed by atoms with van der Waals surface area (Å²) in [6.45, 7) is 6.40. The minimum absolute atomic E-state index is 0.451. The predicted octanol–water partition coefficient (Wildman–Crippen LogP) is 2.35. The van der Waals surface area contributed by atoms with Gasteiger partial charge in [-0.1, -0.05) is 13.8 Å². The zero-order valence-corrected chi connectivity index (χ0v) is 11.4. The van der Waals surface area contributed by atoms with Crippen molar-refractivity contribution < 1.29 is 0 Å². The predicted molar refractivity (Wildman–Crippen MR) is 72.4 cm³/mol. The van der Waals surface area contributed by atoms with Crippen LogP contribution in [0, 0.1) is 0 Å². The van der Waals surface area contributed by atoms with Crippen molar-refractivity contribution in [1.82, 2.24) is 14.9 Å². The number of aromatic nitrogens is 2. The summed E-state index contributed by atoms with van der Waals surface area (Å²) in [6.07, 6.45) is 4.01. The van der Waals surface area contributed by atoms with Gasteiger partial charge in [0, 0.05) is 18.3 Å². The van der Waals surface area contributed by atoms with Crippen LogP contribution in [-0.4, -0.2) is 42.1 Å². The SMILES string of the molecule is CC(C)c1cc(NCCCCN(C)C)ncn1. The van der Waals surface area contributed by atoms with Gasteiger partial charge >= 0.3 is 0 Å². The third-order valence-corrected chi connectivity index (χ3v) is 2.62. The molecule has 1 aromatic rings. The summed E-state index contributed by atoms with van der Waals surface area (Å²) in [6, 6.07) is 2.04. The molecule has 1 aromatic heterocycles. The van der Waals surface area contributed by atoms with E-state index in [0.717, 1.165) is 24.6 Å². The molecular formula is C13H24N4. The largest absolute Gasteiger partial charge is 0.370 e. The van der Waals surface area contributed by atoms with Crippen molar-refractivity contribution in [2.75, 3.05) is 32.5 Å². The van der Waals surface area contributed by atoms with Crippen molar-refractivity contribution in [1.29, 1.82) is 0 Å². The Kier molecular flexibility index (Phi) is 5.91. The lowest BCUT2D eigenvalue weighted by Crippen LogP contribution is -2.14. The first-order chi connectivity index (χ1) is 8.09. The van der Waals surface area contributed by atoms with Gasteiger partial charge in [0.05, 0.1) is 0 Å². The highest BCUT2D eigenvalue weighted by Gasteiger charge is 2.02. The van der Waals surface area contributed by atoms with Crippen LogP contribution in [0.1, 0.15) is 38.3 Å². The van der Waals surface area contributed by atoms with Crippen LogP contribution in [-0.2, 0) is 0 Å². The highest BCUT2D eigenvalue weighted by Crippen LogP contribution is 2.13. The van der Waals surface area contributed by atoms with Gasteiger partial charge in [-0.05, 0) is 39.4 Å². The van der Waals surface area contributed by atoms with Crippen LogP contribution in [0.5, 0.6) is 0 Å². The maximum absolute atomic E-state index is 4.25. The second-order valence-electron chi connectivity index (χ2n) is 4.92. The Labute approximate surface area is 104 Å². The van der Waals surface area contributed by atoms with Crippen LogP contribution in [0.3, 0.4) is 0 Å². The number of hydrogen-bond acceptors (Lipinski definition) is 4. The molecule has 0 aliphatic carbocycles. The number of anilines is 1. The molecule has 1 N–H and O–H groups in total. The Morgan fingerprint density at radius 3 is 2.65 bits per heavy atom. The Morgan fingerprint density at radius 1 is 1.24 bits per heavy atom. The van der Waals surface area contributed by atoms with E-state index < -0.39 is 0 Å². The fourth-order valence-corrected chi connectivity index (χ4v) is 1.55. The average molecular weight is 236 g/mol. The van der Waals surface area contributed by atoms with E-state index in [0.29, 0.717) is 5.92 Å². The van der Waals surface area contributed by atoms with Gasteiger partial charge in [0.25, 0.3) is 0 Å². The second-order valence-corrected chi connectivity index (χ2v) is 4.92. The number of nitrogens with zero attached hydrogens (tertiary/aromatic N) is 3. The molecule has 1 rings (SSSR count). The van der Waals surface area contributed by atoms with Crippen molar-refractivity contribution >= 4 is 5.82 Å². The quantitative estimate of drug-likeness (QED) is 0.738. The summed E-state index contributed by atoms with van der Waals surface area (Å²) >= 11 is 0. The van der Waals surface area contributed by atoms with Crippen LogP contribution in [0.15, 0.2) is 12.4 Å². The normalized spacial score (nSPS) is 11.2. The first-order valence-electron chi connectivity index (χ1n) is 6.30. The molecule has 0 saturated heterocycles. The number of nitrogens with one attached hydrogen (secondary N) is 1. The molecule has 0 aromatic carbocycles. The summed E-state index contributed by atoms with van der Waals surface area (Å²) < 4.78 is 0. The first-order valence-corrected chi connectivity index (χ1v) is 6.30. The maximum atomic E-state index is 4.25. The maximum Gasteiger partial charge on any atom is 0.129 e. The number of hydrogen-bond donors (Lipinski definition) is 1. The summed E-state index contributed by atoms with van der Waals surface area (Å²) in [5.41, 5.74) is 1.09. The summed E-state index contributed by atoms with van der Waals surface area (Å²) in [5, 5.41) is 3.34. The van der Waals surface area contributed by atoms with E-state index in [1.54, 1.807) is 6.33 Å². The van der Waals surface area contributed by atoms with Gasteiger partial charge in [0.15, 0.2) is 0 Å². The Bertz CT molecular complexity index is 323. The van der Waals surface area contributed by atoms with E-state index in [4.69, 9.17) is 0 Å². The van der Waals surface area contributed by atoms with Crippen molar-refractivity contribution in [3.8, 4) is 0 Å². The third kappa shape index (κ3) is 5.63. The van der Waals surface area contributed by atoms with E-state index in [1.165, 1.54) is 12.8 Å². The van der Waals surface area contributed by atoms with E-state index in [1.807, 2.05) is 6.07 Å². The van der Waals surface area contributed by atoms with Crippen molar-refractivity contribution in [2.24, 2.45) is 0 Å². The third-order valence-electron chi connectivity index (χ3n) is 2.62. The summed E-state index contributed by atoms with van der Waals surface area (Å²) in [5.74, 6) is 1.39. The molecule has 4 nitrogen and oxygen atoms in total. The molecule has 0 aliphatic heterocycles. The van der Waals surface area contributed by atoms with E-state index in [2.05, 4.69) is 48.1 Å². The molecule has 1 heterocycles. The molecule has 0 saturated carbocycles. The molecular weight excluding hydrogens is 212 g/mol. The standard InChI is InChI=1S/C13H24N4/c1-11(2)12-9-13(16-10-15-12)14-7-5-6-8-17(3)4/h9-11H,5-8H2,1-4H3,(H,14,15,16). The Hall–Kier alpha value is -1.16. The molecule has 0 amide bonds. The highest BCUT2D eigenvalue weighted by molar-refractivity contribution is 5.35. The molecule has 4 heteroatoms. The van der Waals surface area contributed by atoms with Gasteiger partial charge in [-0.15, -0.1) is 0 Å². The second kappa shape index (κ2) is 7.22.